The van der Waals surface area contributed by atoms with E-state index in [1.54, 1.807) is 12.1 Å². The fourth-order valence-electron chi connectivity index (χ4n) is 1.62. The van der Waals surface area contributed by atoms with Crippen molar-refractivity contribution < 1.29 is 9.53 Å². The number of anilines is 2. The number of rotatable bonds is 3. The molecule has 92 valence electrons. The molecular weight excluding hydrogens is 220 g/mol. The van der Waals surface area contributed by atoms with E-state index >= 15 is 0 Å². The predicted molar refractivity (Wildman–Crippen MR) is 64.5 cm³/mol. The Morgan fingerprint density at radius 1 is 1.47 bits per heavy atom. The van der Waals surface area contributed by atoms with E-state index in [4.69, 9.17) is 10.5 Å². The molecule has 2 heterocycles. The van der Waals surface area contributed by atoms with Crippen LogP contribution in [0.15, 0.2) is 18.3 Å². The summed E-state index contributed by atoms with van der Waals surface area (Å²) in [5.41, 5.74) is 6.09. The summed E-state index contributed by atoms with van der Waals surface area (Å²) in [5, 5.41) is 2.73. The van der Waals surface area contributed by atoms with Crippen molar-refractivity contribution in [3.8, 4) is 0 Å². The van der Waals surface area contributed by atoms with E-state index in [1.165, 1.54) is 6.20 Å². The van der Waals surface area contributed by atoms with Gasteiger partial charge in [-0.3, -0.25) is 9.69 Å². The van der Waals surface area contributed by atoms with Crippen molar-refractivity contribution in [2.45, 2.75) is 0 Å². The molecule has 0 radical (unpaired) electrons. The fraction of sp³-hybridized carbons (Fsp3) is 0.455. The lowest BCUT2D eigenvalue weighted by Gasteiger charge is -2.25. The second-order valence-corrected chi connectivity index (χ2v) is 3.91. The summed E-state index contributed by atoms with van der Waals surface area (Å²) in [7, 11) is 0. The van der Waals surface area contributed by atoms with E-state index in [0.717, 1.165) is 13.1 Å². The third kappa shape index (κ3) is 3.69. The predicted octanol–water partition coefficient (Wildman–Crippen LogP) is -0.0655. The highest BCUT2D eigenvalue weighted by Gasteiger charge is 2.14. The number of carbonyl (C=O) groups is 1. The molecule has 0 aromatic carbocycles. The van der Waals surface area contributed by atoms with Crippen LogP contribution in [0.1, 0.15) is 0 Å². The van der Waals surface area contributed by atoms with Crippen molar-refractivity contribution in [1.29, 1.82) is 0 Å². The van der Waals surface area contributed by atoms with Crippen molar-refractivity contribution in [2.75, 3.05) is 43.9 Å². The van der Waals surface area contributed by atoms with Gasteiger partial charge in [0.05, 0.1) is 31.6 Å². The van der Waals surface area contributed by atoms with Gasteiger partial charge in [0.2, 0.25) is 5.91 Å². The van der Waals surface area contributed by atoms with Crippen LogP contribution >= 0.6 is 0 Å². The molecule has 3 N–H and O–H groups in total. The number of nitrogen functional groups attached to an aromatic ring is 1. The smallest absolute Gasteiger partial charge is 0.239 e. The number of ether oxygens (including phenoxy) is 1. The van der Waals surface area contributed by atoms with Gasteiger partial charge in [-0.25, -0.2) is 4.98 Å². The second kappa shape index (κ2) is 5.60. The Balaban J connectivity index is 1.82. The molecule has 6 heteroatoms. The average molecular weight is 236 g/mol. The van der Waals surface area contributed by atoms with Crippen LogP contribution in [-0.4, -0.2) is 48.6 Å². The molecule has 1 aromatic heterocycles. The lowest BCUT2D eigenvalue weighted by molar-refractivity contribution is -0.118. The molecule has 1 fully saturated rings. The van der Waals surface area contributed by atoms with Crippen LogP contribution in [0.3, 0.4) is 0 Å². The molecule has 0 unspecified atom stereocenters. The van der Waals surface area contributed by atoms with Gasteiger partial charge in [0.25, 0.3) is 0 Å². The van der Waals surface area contributed by atoms with Gasteiger partial charge in [-0.2, -0.15) is 0 Å². The Kier molecular flexibility index (Phi) is 3.89. The Labute approximate surface area is 99.8 Å². The number of hydrogen-bond acceptors (Lipinski definition) is 5. The van der Waals surface area contributed by atoms with Crippen LogP contribution < -0.4 is 11.1 Å². The number of nitrogens with one attached hydrogen (secondary N) is 1. The van der Waals surface area contributed by atoms with E-state index in [1.807, 2.05) is 0 Å². The largest absolute Gasteiger partial charge is 0.397 e. The SMILES string of the molecule is Nc1ccc(NC(=O)CN2CCOCC2)nc1. The van der Waals surface area contributed by atoms with Gasteiger partial charge < -0.3 is 15.8 Å². The maximum Gasteiger partial charge on any atom is 0.239 e. The first-order valence-electron chi connectivity index (χ1n) is 5.55. The standard InChI is InChI=1S/C11H16N4O2/c12-9-1-2-10(13-7-9)14-11(16)8-15-3-5-17-6-4-15/h1-2,7H,3-6,8,12H2,(H,13,14,16). The molecule has 6 nitrogen and oxygen atoms in total. The van der Waals surface area contributed by atoms with Gasteiger partial charge in [-0.05, 0) is 12.1 Å². The quantitative estimate of drug-likeness (QED) is 0.768. The Morgan fingerprint density at radius 2 is 2.24 bits per heavy atom. The number of nitrogens with two attached hydrogens (primary N) is 1. The van der Waals surface area contributed by atoms with E-state index in [0.29, 0.717) is 31.3 Å². The van der Waals surface area contributed by atoms with Crippen molar-refractivity contribution in [3.05, 3.63) is 18.3 Å². The van der Waals surface area contributed by atoms with Crippen LogP contribution in [0, 0.1) is 0 Å². The van der Waals surface area contributed by atoms with Gasteiger partial charge in [0, 0.05) is 13.1 Å². The number of hydrogen-bond donors (Lipinski definition) is 2. The molecular formula is C11H16N4O2. The van der Waals surface area contributed by atoms with Gasteiger partial charge in [0.15, 0.2) is 0 Å². The van der Waals surface area contributed by atoms with Gasteiger partial charge in [0.1, 0.15) is 5.82 Å². The Hall–Kier alpha value is -1.66. The maximum absolute atomic E-state index is 11.7. The van der Waals surface area contributed by atoms with Crippen LogP contribution in [0.2, 0.25) is 0 Å². The number of amides is 1. The molecule has 17 heavy (non-hydrogen) atoms. The van der Waals surface area contributed by atoms with Crippen LogP contribution in [0.4, 0.5) is 11.5 Å². The molecule has 0 aliphatic carbocycles. The van der Waals surface area contributed by atoms with E-state index in [-0.39, 0.29) is 5.91 Å². The third-order valence-electron chi connectivity index (χ3n) is 2.52. The topological polar surface area (TPSA) is 80.5 Å². The van der Waals surface area contributed by atoms with Crippen molar-refractivity contribution >= 4 is 17.4 Å². The minimum absolute atomic E-state index is 0.0656. The minimum atomic E-state index is -0.0656. The van der Waals surface area contributed by atoms with Crippen molar-refractivity contribution in [3.63, 3.8) is 0 Å². The van der Waals surface area contributed by atoms with Gasteiger partial charge in [-0.15, -0.1) is 0 Å². The molecule has 1 aliphatic rings. The van der Waals surface area contributed by atoms with Gasteiger partial charge >= 0.3 is 0 Å². The summed E-state index contributed by atoms with van der Waals surface area (Å²) >= 11 is 0. The summed E-state index contributed by atoms with van der Waals surface area (Å²) in [6, 6.07) is 3.39. The summed E-state index contributed by atoms with van der Waals surface area (Å²) in [6.45, 7) is 3.33. The average Bonchev–Trinajstić information content (AvgIpc) is 2.33. The third-order valence-corrected chi connectivity index (χ3v) is 2.52. The highest BCUT2D eigenvalue weighted by molar-refractivity contribution is 5.91. The molecule has 0 atom stereocenters. The van der Waals surface area contributed by atoms with Crippen molar-refractivity contribution in [2.24, 2.45) is 0 Å². The van der Waals surface area contributed by atoms with E-state index in [2.05, 4.69) is 15.2 Å². The van der Waals surface area contributed by atoms with Crippen LogP contribution in [0.25, 0.3) is 0 Å². The van der Waals surface area contributed by atoms with Gasteiger partial charge in [-0.1, -0.05) is 0 Å². The molecule has 1 aliphatic heterocycles. The van der Waals surface area contributed by atoms with Crippen LogP contribution in [-0.2, 0) is 9.53 Å². The van der Waals surface area contributed by atoms with E-state index in [9.17, 15) is 4.79 Å². The summed E-state index contributed by atoms with van der Waals surface area (Å²) in [6.07, 6.45) is 1.52. The number of morpholine rings is 1. The highest BCUT2D eigenvalue weighted by atomic mass is 16.5. The lowest BCUT2D eigenvalue weighted by atomic mass is 10.4. The zero-order valence-electron chi connectivity index (χ0n) is 9.56. The van der Waals surface area contributed by atoms with E-state index < -0.39 is 0 Å². The zero-order valence-corrected chi connectivity index (χ0v) is 9.56. The summed E-state index contributed by atoms with van der Waals surface area (Å²) < 4.78 is 5.21. The molecule has 0 bridgehead atoms. The van der Waals surface area contributed by atoms with Crippen LogP contribution in [0.5, 0.6) is 0 Å². The first-order chi connectivity index (χ1) is 8.24. The number of carbonyl (C=O) groups excluding carboxylic acids is 1. The second-order valence-electron chi connectivity index (χ2n) is 3.91. The fourth-order valence-corrected chi connectivity index (χ4v) is 1.62. The number of aromatic nitrogens is 1. The lowest BCUT2D eigenvalue weighted by Crippen LogP contribution is -2.41. The zero-order chi connectivity index (χ0) is 12.1. The monoisotopic (exact) mass is 236 g/mol. The molecule has 1 aromatic rings. The first-order valence-corrected chi connectivity index (χ1v) is 5.55. The number of nitrogens with zero attached hydrogens (tertiary/aromatic N) is 2. The number of pyridine rings is 1. The summed E-state index contributed by atoms with van der Waals surface area (Å²) in [5.74, 6) is 0.460. The highest BCUT2D eigenvalue weighted by Crippen LogP contribution is 2.06. The molecule has 0 saturated carbocycles. The summed E-state index contributed by atoms with van der Waals surface area (Å²) in [4.78, 5) is 17.8. The maximum atomic E-state index is 11.7. The molecule has 1 amide bonds. The normalized spacial score (nSPS) is 16.7. The first kappa shape index (κ1) is 11.8. The molecule has 2 rings (SSSR count). The Bertz CT molecular complexity index is 374. The molecule has 1 saturated heterocycles. The van der Waals surface area contributed by atoms with Crippen molar-refractivity contribution in [1.82, 2.24) is 9.88 Å². The minimum Gasteiger partial charge on any atom is -0.397 e. The Morgan fingerprint density at radius 3 is 2.88 bits per heavy atom. The molecule has 0 spiro atoms.